The quantitative estimate of drug-likeness (QED) is 0.342. The van der Waals surface area contributed by atoms with Crippen LogP contribution < -0.4 is 14.8 Å². The molecule has 0 saturated carbocycles. The van der Waals surface area contributed by atoms with Gasteiger partial charge in [-0.05, 0) is 36.4 Å². The molecule has 0 fully saturated rings. The topological polar surface area (TPSA) is 95.2 Å². The van der Waals surface area contributed by atoms with Crippen molar-refractivity contribution in [2.24, 2.45) is 0 Å². The summed E-state index contributed by atoms with van der Waals surface area (Å²) in [4.78, 5) is 8.76. The lowest BCUT2D eigenvalue weighted by molar-refractivity contribution is 0.397. The molecule has 0 amide bonds. The van der Waals surface area contributed by atoms with Gasteiger partial charge in [-0.1, -0.05) is 29.8 Å². The molecular weight excluding hydrogens is 442 g/mol. The number of ether oxygens (including phenoxy) is 2. The second-order valence-corrected chi connectivity index (χ2v) is 7.45. The Bertz CT molecular complexity index is 1440. The summed E-state index contributed by atoms with van der Waals surface area (Å²) in [5, 5.41) is 12.9. The highest BCUT2D eigenvalue weighted by atomic mass is 35.5. The zero-order valence-corrected chi connectivity index (χ0v) is 18.5. The zero-order valence-electron chi connectivity index (χ0n) is 17.7. The van der Waals surface area contributed by atoms with Gasteiger partial charge in [-0.25, -0.2) is 9.97 Å². The van der Waals surface area contributed by atoms with Crippen molar-refractivity contribution in [3.63, 3.8) is 0 Å². The summed E-state index contributed by atoms with van der Waals surface area (Å²) in [7, 11) is 3.18. The highest BCUT2D eigenvalue weighted by Crippen LogP contribution is 2.36. The highest BCUT2D eigenvalue weighted by Gasteiger charge is 2.16. The number of methoxy groups -OCH3 is 2. The van der Waals surface area contributed by atoms with Crippen LogP contribution in [0.2, 0.25) is 5.02 Å². The third kappa shape index (κ3) is 4.04. The maximum Gasteiger partial charge on any atom is 0.249 e. The number of nitrogens with one attached hydrogen (secondary N) is 1. The molecular formula is C24H18ClN5O3. The van der Waals surface area contributed by atoms with Crippen molar-refractivity contribution in [3.05, 3.63) is 72.0 Å². The number of aromatic nitrogens is 4. The smallest absolute Gasteiger partial charge is 0.249 e. The van der Waals surface area contributed by atoms with Crippen LogP contribution in [0.1, 0.15) is 0 Å². The Morgan fingerprint density at radius 1 is 0.879 bits per heavy atom. The SMILES string of the molecule is COc1cc(OC)c2ncnc(Nc3ccc(Cl)c(-c4nnc(-c5ccccc5)o4)c3)c2c1. The second-order valence-electron chi connectivity index (χ2n) is 7.05. The van der Waals surface area contributed by atoms with E-state index in [1.54, 1.807) is 26.4 Å². The molecule has 5 aromatic rings. The molecule has 2 aromatic heterocycles. The van der Waals surface area contributed by atoms with Crippen molar-refractivity contribution in [2.45, 2.75) is 0 Å². The normalized spacial score (nSPS) is 10.9. The molecule has 3 aromatic carbocycles. The molecule has 2 heterocycles. The standard InChI is InChI=1S/C24H18ClN5O3/c1-31-16-11-18-21(20(12-16)32-2)26-13-27-22(18)28-15-8-9-19(25)17(10-15)24-30-29-23(33-24)14-6-4-3-5-7-14/h3-13H,1-2H3,(H,26,27,28). The number of anilines is 2. The van der Waals surface area contributed by atoms with Crippen molar-refractivity contribution in [2.75, 3.05) is 19.5 Å². The van der Waals surface area contributed by atoms with Crippen molar-refractivity contribution in [1.29, 1.82) is 0 Å². The van der Waals surface area contributed by atoms with E-state index in [0.717, 1.165) is 16.6 Å². The van der Waals surface area contributed by atoms with Gasteiger partial charge in [-0.3, -0.25) is 0 Å². The summed E-state index contributed by atoms with van der Waals surface area (Å²) < 4.78 is 16.7. The van der Waals surface area contributed by atoms with E-state index in [9.17, 15) is 0 Å². The largest absolute Gasteiger partial charge is 0.497 e. The van der Waals surface area contributed by atoms with Gasteiger partial charge in [-0.15, -0.1) is 10.2 Å². The average Bonchev–Trinajstić information content (AvgIpc) is 3.35. The number of halogens is 1. The summed E-state index contributed by atoms with van der Waals surface area (Å²) in [6.07, 6.45) is 1.47. The molecule has 0 atom stereocenters. The van der Waals surface area contributed by atoms with Crippen LogP contribution in [0.15, 0.2) is 71.4 Å². The van der Waals surface area contributed by atoms with E-state index in [1.165, 1.54) is 6.33 Å². The molecule has 0 radical (unpaired) electrons. The van der Waals surface area contributed by atoms with E-state index in [-0.39, 0.29) is 0 Å². The van der Waals surface area contributed by atoms with Gasteiger partial charge in [-0.2, -0.15) is 0 Å². The molecule has 9 heteroatoms. The lowest BCUT2D eigenvalue weighted by Crippen LogP contribution is -1.98. The van der Waals surface area contributed by atoms with Gasteiger partial charge >= 0.3 is 0 Å². The molecule has 164 valence electrons. The van der Waals surface area contributed by atoms with Crippen LogP contribution in [0, 0.1) is 0 Å². The molecule has 33 heavy (non-hydrogen) atoms. The lowest BCUT2D eigenvalue weighted by atomic mass is 10.1. The Morgan fingerprint density at radius 3 is 2.48 bits per heavy atom. The molecule has 5 rings (SSSR count). The molecule has 1 N–H and O–H groups in total. The molecule has 8 nitrogen and oxygen atoms in total. The number of benzene rings is 3. The summed E-state index contributed by atoms with van der Waals surface area (Å²) in [5.41, 5.74) is 2.83. The molecule has 0 aliphatic rings. The van der Waals surface area contributed by atoms with Crippen LogP contribution in [0.4, 0.5) is 11.5 Å². The Kier molecular flexibility index (Phi) is 5.50. The first kappa shape index (κ1) is 20.7. The van der Waals surface area contributed by atoms with Gasteiger partial charge in [0.05, 0.1) is 30.2 Å². The fourth-order valence-corrected chi connectivity index (χ4v) is 3.61. The Balaban J connectivity index is 1.52. The van der Waals surface area contributed by atoms with Gasteiger partial charge in [0.25, 0.3) is 0 Å². The van der Waals surface area contributed by atoms with Crippen LogP contribution in [-0.2, 0) is 0 Å². The first-order chi connectivity index (χ1) is 16.2. The van der Waals surface area contributed by atoms with Crippen LogP contribution in [-0.4, -0.2) is 34.4 Å². The number of fused-ring (bicyclic) bond motifs is 1. The van der Waals surface area contributed by atoms with Gasteiger partial charge in [0.2, 0.25) is 11.8 Å². The summed E-state index contributed by atoms with van der Waals surface area (Å²) >= 11 is 6.45. The Morgan fingerprint density at radius 2 is 1.70 bits per heavy atom. The molecule has 0 aliphatic carbocycles. The van der Waals surface area contributed by atoms with Crippen molar-refractivity contribution < 1.29 is 13.9 Å². The molecule has 0 spiro atoms. The third-order valence-electron chi connectivity index (χ3n) is 5.04. The maximum atomic E-state index is 6.45. The van der Waals surface area contributed by atoms with Gasteiger partial charge in [0.1, 0.15) is 29.2 Å². The van der Waals surface area contributed by atoms with E-state index < -0.39 is 0 Å². The molecule has 0 saturated heterocycles. The van der Waals surface area contributed by atoms with Gasteiger partial charge in [0, 0.05) is 17.3 Å². The van der Waals surface area contributed by atoms with Crippen molar-refractivity contribution in [3.8, 4) is 34.4 Å². The Hall–Kier alpha value is -4.17. The minimum atomic E-state index is 0.318. The van der Waals surface area contributed by atoms with Crippen molar-refractivity contribution in [1.82, 2.24) is 20.2 Å². The van der Waals surface area contributed by atoms with E-state index in [1.807, 2.05) is 48.5 Å². The summed E-state index contributed by atoms with van der Waals surface area (Å²) in [5.74, 6) is 2.54. The first-order valence-corrected chi connectivity index (χ1v) is 10.4. The van der Waals surface area contributed by atoms with Crippen LogP contribution >= 0.6 is 11.6 Å². The van der Waals surface area contributed by atoms with E-state index >= 15 is 0 Å². The minimum Gasteiger partial charge on any atom is -0.497 e. The summed E-state index contributed by atoms with van der Waals surface area (Å²) in [6, 6.07) is 18.6. The number of hydrogen-bond acceptors (Lipinski definition) is 8. The monoisotopic (exact) mass is 459 g/mol. The third-order valence-corrected chi connectivity index (χ3v) is 5.37. The number of hydrogen-bond donors (Lipinski definition) is 1. The van der Waals surface area contributed by atoms with Crippen LogP contribution in [0.3, 0.4) is 0 Å². The maximum absolute atomic E-state index is 6.45. The van der Waals surface area contributed by atoms with Gasteiger partial charge < -0.3 is 19.2 Å². The fourth-order valence-electron chi connectivity index (χ4n) is 3.42. The predicted octanol–water partition coefficient (Wildman–Crippen LogP) is 5.76. The van der Waals surface area contributed by atoms with E-state index in [0.29, 0.717) is 45.2 Å². The van der Waals surface area contributed by atoms with Crippen LogP contribution in [0.25, 0.3) is 33.8 Å². The highest BCUT2D eigenvalue weighted by molar-refractivity contribution is 6.33. The van der Waals surface area contributed by atoms with Crippen molar-refractivity contribution >= 4 is 34.0 Å². The number of nitrogens with zero attached hydrogens (tertiary/aromatic N) is 4. The van der Waals surface area contributed by atoms with Crippen LogP contribution in [0.5, 0.6) is 11.5 Å². The fraction of sp³-hybridized carbons (Fsp3) is 0.0833. The second kappa shape index (κ2) is 8.76. The molecule has 0 unspecified atom stereocenters. The molecule has 0 aliphatic heterocycles. The number of rotatable bonds is 6. The summed E-state index contributed by atoms with van der Waals surface area (Å²) in [6.45, 7) is 0. The first-order valence-electron chi connectivity index (χ1n) is 9.99. The van der Waals surface area contributed by atoms with E-state index in [2.05, 4.69) is 25.5 Å². The average molecular weight is 460 g/mol. The minimum absolute atomic E-state index is 0.318. The van der Waals surface area contributed by atoms with E-state index in [4.69, 9.17) is 25.5 Å². The lowest BCUT2D eigenvalue weighted by Gasteiger charge is -2.12. The predicted molar refractivity (Wildman–Crippen MR) is 126 cm³/mol. The Labute approximate surface area is 194 Å². The van der Waals surface area contributed by atoms with Gasteiger partial charge in [0.15, 0.2) is 0 Å². The molecule has 0 bridgehead atoms. The zero-order chi connectivity index (χ0) is 22.8.